The van der Waals surface area contributed by atoms with Crippen LogP contribution in [-0.4, -0.2) is 18.5 Å². The van der Waals surface area contributed by atoms with Crippen molar-refractivity contribution in [2.75, 3.05) is 12.3 Å². The lowest BCUT2D eigenvalue weighted by molar-refractivity contribution is -0.122. The van der Waals surface area contributed by atoms with E-state index in [1.165, 1.54) is 0 Å². The van der Waals surface area contributed by atoms with Gasteiger partial charge in [0.2, 0.25) is 5.91 Å². The van der Waals surface area contributed by atoms with Crippen LogP contribution < -0.4 is 16.4 Å². The van der Waals surface area contributed by atoms with Gasteiger partial charge in [0.1, 0.15) is 0 Å². The summed E-state index contributed by atoms with van der Waals surface area (Å²) >= 11 is 0. The predicted molar refractivity (Wildman–Crippen MR) is 68.3 cm³/mol. The maximum atomic E-state index is 11.7. The van der Waals surface area contributed by atoms with Crippen LogP contribution in [0, 0.1) is 0 Å². The third kappa shape index (κ3) is 3.46. The number of hydrogen-bond acceptors (Lipinski definition) is 3. The van der Waals surface area contributed by atoms with Gasteiger partial charge in [-0.1, -0.05) is 12.1 Å². The minimum Gasteiger partial charge on any atom is -0.399 e. The highest BCUT2D eigenvalue weighted by molar-refractivity contribution is 5.81. The number of nitrogen functional groups attached to an aromatic ring is 1. The summed E-state index contributed by atoms with van der Waals surface area (Å²) in [4.78, 5) is 11.7. The Morgan fingerprint density at radius 3 is 2.82 bits per heavy atom. The molecule has 1 amide bonds. The summed E-state index contributed by atoms with van der Waals surface area (Å²) in [5.74, 6) is 0.123. The van der Waals surface area contributed by atoms with E-state index < -0.39 is 0 Å². The molecular formula is C13H19N3O. The number of amides is 1. The standard InChI is InChI=1S/C13H19N3O/c14-11-6-4-10(5-7-11)9-16-12-3-1-2-8-15-13(12)17/h4-7,12,16H,1-3,8-9,14H2,(H,15,17). The molecule has 92 valence electrons. The minimum absolute atomic E-state index is 0.0601. The van der Waals surface area contributed by atoms with E-state index in [9.17, 15) is 4.79 Å². The molecule has 4 nitrogen and oxygen atoms in total. The summed E-state index contributed by atoms with van der Waals surface area (Å²) in [5, 5.41) is 6.21. The first-order valence-electron chi connectivity index (χ1n) is 6.11. The summed E-state index contributed by atoms with van der Waals surface area (Å²) in [6.07, 6.45) is 3.09. The lowest BCUT2D eigenvalue weighted by Crippen LogP contribution is -2.42. The van der Waals surface area contributed by atoms with E-state index in [1.54, 1.807) is 0 Å². The monoisotopic (exact) mass is 233 g/mol. The van der Waals surface area contributed by atoms with E-state index in [1.807, 2.05) is 24.3 Å². The van der Waals surface area contributed by atoms with Gasteiger partial charge in [0.15, 0.2) is 0 Å². The highest BCUT2D eigenvalue weighted by Crippen LogP contribution is 2.08. The van der Waals surface area contributed by atoms with Crippen molar-refractivity contribution in [2.45, 2.75) is 31.8 Å². The molecule has 0 aromatic heterocycles. The number of hydrogen-bond donors (Lipinski definition) is 3. The van der Waals surface area contributed by atoms with Gasteiger partial charge >= 0.3 is 0 Å². The number of carbonyl (C=O) groups excluding carboxylic acids is 1. The van der Waals surface area contributed by atoms with Gasteiger partial charge in [0.25, 0.3) is 0 Å². The van der Waals surface area contributed by atoms with Crippen LogP contribution >= 0.6 is 0 Å². The first-order chi connectivity index (χ1) is 8.25. The molecule has 4 N–H and O–H groups in total. The second kappa shape index (κ2) is 5.68. The number of benzene rings is 1. The van der Waals surface area contributed by atoms with Gasteiger partial charge in [-0.05, 0) is 37.0 Å². The smallest absolute Gasteiger partial charge is 0.237 e. The Morgan fingerprint density at radius 1 is 1.29 bits per heavy atom. The summed E-state index contributed by atoms with van der Waals surface area (Å²) in [5.41, 5.74) is 7.54. The van der Waals surface area contributed by atoms with Gasteiger partial charge in [0.05, 0.1) is 6.04 Å². The van der Waals surface area contributed by atoms with E-state index in [0.29, 0.717) is 6.54 Å². The van der Waals surface area contributed by atoms with Gasteiger partial charge in [-0.3, -0.25) is 4.79 Å². The molecule has 0 aliphatic carbocycles. The Hall–Kier alpha value is -1.55. The molecule has 0 bridgehead atoms. The fourth-order valence-electron chi connectivity index (χ4n) is 2.01. The van der Waals surface area contributed by atoms with E-state index in [-0.39, 0.29) is 11.9 Å². The van der Waals surface area contributed by atoms with Crippen molar-refractivity contribution >= 4 is 11.6 Å². The zero-order chi connectivity index (χ0) is 12.1. The van der Waals surface area contributed by atoms with Gasteiger partial charge in [-0.2, -0.15) is 0 Å². The van der Waals surface area contributed by atoms with Crippen LogP contribution in [0.25, 0.3) is 0 Å². The lowest BCUT2D eigenvalue weighted by atomic mass is 10.1. The summed E-state index contributed by atoms with van der Waals surface area (Å²) in [6.45, 7) is 1.51. The second-order valence-corrected chi connectivity index (χ2v) is 4.46. The second-order valence-electron chi connectivity index (χ2n) is 4.46. The number of carbonyl (C=O) groups is 1. The van der Waals surface area contributed by atoms with Gasteiger partial charge in [-0.15, -0.1) is 0 Å². The average molecular weight is 233 g/mol. The minimum atomic E-state index is -0.0601. The van der Waals surface area contributed by atoms with E-state index in [0.717, 1.165) is 37.1 Å². The topological polar surface area (TPSA) is 67.2 Å². The van der Waals surface area contributed by atoms with Crippen LogP contribution in [0.4, 0.5) is 5.69 Å². The number of rotatable bonds is 3. The first kappa shape index (κ1) is 11.9. The highest BCUT2D eigenvalue weighted by Gasteiger charge is 2.19. The third-order valence-corrected chi connectivity index (χ3v) is 3.07. The molecule has 17 heavy (non-hydrogen) atoms. The van der Waals surface area contributed by atoms with Crippen LogP contribution in [0.1, 0.15) is 24.8 Å². The van der Waals surface area contributed by atoms with Crippen LogP contribution in [0.15, 0.2) is 24.3 Å². The largest absolute Gasteiger partial charge is 0.399 e. The molecule has 1 aromatic rings. The molecule has 1 saturated heterocycles. The van der Waals surface area contributed by atoms with Crippen molar-refractivity contribution in [1.29, 1.82) is 0 Å². The molecule has 1 aromatic carbocycles. The van der Waals surface area contributed by atoms with Crippen LogP contribution in [-0.2, 0) is 11.3 Å². The number of anilines is 1. The average Bonchev–Trinajstić information content (AvgIpc) is 2.54. The zero-order valence-electron chi connectivity index (χ0n) is 9.91. The summed E-state index contributed by atoms with van der Waals surface area (Å²) in [6, 6.07) is 7.66. The van der Waals surface area contributed by atoms with Gasteiger partial charge in [-0.25, -0.2) is 0 Å². The van der Waals surface area contributed by atoms with E-state index >= 15 is 0 Å². The van der Waals surface area contributed by atoms with Crippen molar-refractivity contribution in [3.63, 3.8) is 0 Å². The molecule has 0 radical (unpaired) electrons. The molecule has 1 aliphatic heterocycles. The molecule has 2 rings (SSSR count). The molecule has 1 atom stereocenters. The molecule has 1 fully saturated rings. The highest BCUT2D eigenvalue weighted by atomic mass is 16.2. The molecule has 0 saturated carbocycles. The van der Waals surface area contributed by atoms with Crippen LogP contribution in [0.3, 0.4) is 0 Å². The number of nitrogens with one attached hydrogen (secondary N) is 2. The fourth-order valence-corrected chi connectivity index (χ4v) is 2.01. The maximum Gasteiger partial charge on any atom is 0.237 e. The Kier molecular flexibility index (Phi) is 3.98. The van der Waals surface area contributed by atoms with Crippen LogP contribution in [0.2, 0.25) is 0 Å². The molecule has 0 spiro atoms. The predicted octanol–water partition coefficient (Wildman–Crippen LogP) is 1.03. The van der Waals surface area contributed by atoms with Crippen molar-refractivity contribution in [2.24, 2.45) is 0 Å². The third-order valence-electron chi connectivity index (χ3n) is 3.07. The molecule has 1 aliphatic rings. The molecule has 4 heteroatoms. The normalized spacial score (nSPS) is 20.7. The Labute approximate surface area is 102 Å². The Balaban J connectivity index is 1.88. The van der Waals surface area contributed by atoms with Crippen LogP contribution in [0.5, 0.6) is 0 Å². The van der Waals surface area contributed by atoms with Crippen molar-refractivity contribution in [1.82, 2.24) is 10.6 Å². The molecule has 1 heterocycles. The SMILES string of the molecule is Nc1ccc(CNC2CCCCNC2=O)cc1. The first-order valence-corrected chi connectivity index (χ1v) is 6.11. The Morgan fingerprint density at radius 2 is 2.06 bits per heavy atom. The van der Waals surface area contributed by atoms with Crippen molar-refractivity contribution in [3.05, 3.63) is 29.8 Å². The molecular weight excluding hydrogens is 214 g/mol. The van der Waals surface area contributed by atoms with Crippen molar-refractivity contribution in [3.8, 4) is 0 Å². The Bertz CT molecular complexity index is 375. The van der Waals surface area contributed by atoms with Crippen molar-refractivity contribution < 1.29 is 4.79 Å². The quantitative estimate of drug-likeness (QED) is 0.683. The summed E-state index contributed by atoms with van der Waals surface area (Å²) < 4.78 is 0. The lowest BCUT2D eigenvalue weighted by Gasteiger charge is -2.15. The molecule has 1 unspecified atom stereocenters. The van der Waals surface area contributed by atoms with Gasteiger partial charge in [0, 0.05) is 18.8 Å². The fraction of sp³-hybridized carbons (Fsp3) is 0.462. The van der Waals surface area contributed by atoms with E-state index in [2.05, 4.69) is 10.6 Å². The zero-order valence-corrected chi connectivity index (χ0v) is 9.91. The summed E-state index contributed by atoms with van der Waals surface area (Å²) in [7, 11) is 0. The van der Waals surface area contributed by atoms with E-state index in [4.69, 9.17) is 5.73 Å². The van der Waals surface area contributed by atoms with Gasteiger partial charge < -0.3 is 16.4 Å². The number of nitrogens with two attached hydrogens (primary N) is 1. The maximum absolute atomic E-state index is 11.7.